The second kappa shape index (κ2) is 7.27. The number of aromatic hydroxyl groups is 1. The highest BCUT2D eigenvalue weighted by Gasteiger charge is 2.47. The maximum absolute atomic E-state index is 12.1. The van der Waals surface area contributed by atoms with Crippen LogP contribution in [0.3, 0.4) is 0 Å². The summed E-state index contributed by atoms with van der Waals surface area (Å²) in [4.78, 5) is 22.2. The molecule has 0 heterocycles. The van der Waals surface area contributed by atoms with Crippen molar-refractivity contribution in [3.63, 3.8) is 0 Å². The number of nitrogens with zero attached hydrogens (tertiary/aromatic N) is 1. The fourth-order valence-corrected chi connectivity index (χ4v) is 2.17. The third kappa shape index (κ3) is 5.18. The van der Waals surface area contributed by atoms with Crippen molar-refractivity contribution < 1.29 is 24.2 Å². The van der Waals surface area contributed by atoms with E-state index in [4.69, 9.17) is 28.1 Å². The van der Waals surface area contributed by atoms with E-state index in [1.807, 2.05) is 0 Å². The molecule has 1 aromatic rings. The van der Waals surface area contributed by atoms with Gasteiger partial charge in [-0.3, -0.25) is 0 Å². The first-order valence-corrected chi connectivity index (χ1v) is 7.45. The Morgan fingerprint density at radius 2 is 1.74 bits per heavy atom. The standard InChI is InChI=1S/C15H19Cl2NO5/c1-14(2,3)23-13(21)18(17)15(16,12(20)22-4)9-10-5-7-11(19)8-6-10/h5-8,19H,9H2,1-4H3/t15-/m0/s1. The number of hydrogen-bond donors (Lipinski definition) is 1. The molecule has 0 aliphatic carbocycles. The highest BCUT2D eigenvalue weighted by molar-refractivity contribution is 6.39. The Kier molecular flexibility index (Phi) is 6.13. The normalized spacial score (nSPS) is 13.8. The third-order valence-corrected chi connectivity index (χ3v) is 3.71. The molecule has 0 unspecified atom stereocenters. The molecule has 0 fully saturated rings. The molecule has 0 radical (unpaired) electrons. The van der Waals surface area contributed by atoms with Gasteiger partial charge in [-0.15, -0.1) is 0 Å². The quantitative estimate of drug-likeness (QED) is 0.383. The number of hydrogen-bond acceptors (Lipinski definition) is 5. The zero-order valence-electron chi connectivity index (χ0n) is 13.3. The molecule has 1 atom stereocenters. The van der Waals surface area contributed by atoms with Crippen LogP contribution in [0.1, 0.15) is 26.3 Å². The molecular weight excluding hydrogens is 345 g/mol. The lowest BCUT2D eigenvalue weighted by atomic mass is 10.1. The summed E-state index contributed by atoms with van der Waals surface area (Å²) in [6.45, 7) is 4.97. The zero-order chi connectivity index (χ0) is 17.8. The number of benzene rings is 1. The number of rotatable bonds is 4. The van der Waals surface area contributed by atoms with Crippen LogP contribution in [-0.4, -0.2) is 39.3 Å². The highest BCUT2D eigenvalue weighted by atomic mass is 35.5. The second-order valence-corrected chi connectivity index (χ2v) is 6.82. The van der Waals surface area contributed by atoms with Crippen LogP contribution in [0.5, 0.6) is 5.75 Å². The van der Waals surface area contributed by atoms with Gasteiger partial charge in [0.2, 0.25) is 5.00 Å². The van der Waals surface area contributed by atoms with Crippen LogP contribution in [0, 0.1) is 0 Å². The molecule has 128 valence electrons. The Labute approximate surface area is 145 Å². The van der Waals surface area contributed by atoms with Gasteiger partial charge in [-0.25, -0.2) is 9.59 Å². The van der Waals surface area contributed by atoms with Crippen molar-refractivity contribution in [3.8, 4) is 5.75 Å². The van der Waals surface area contributed by atoms with E-state index in [2.05, 4.69) is 4.74 Å². The largest absolute Gasteiger partial charge is 0.508 e. The van der Waals surface area contributed by atoms with Crippen molar-refractivity contribution in [2.24, 2.45) is 0 Å². The molecule has 8 heteroatoms. The minimum Gasteiger partial charge on any atom is -0.508 e. The van der Waals surface area contributed by atoms with E-state index in [9.17, 15) is 14.7 Å². The number of carbonyl (C=O) groups is 2. The van der Waals surface area contributed by atoms with Crippen LogP contribution in [-0.2, 0) is 20.7 Å². The summed E-state index contributed by atoms with van der Waals surface area (Å²) in [5.74, 6) is -0.852. The number of alkyl halides is 1. The zero-order valence-corrected chi connectivity index (χ0v) is 14.8. The summed E-state index contributed by atoms with van der Waals surface area (Å²) in [6, 6.07) is 5.95. The minimum atomic E-state index is -1.99. The topological polar surface area (TPSA) is 76.1 Å². The van der Waals surface area contributed by atoms with Crippen molar-refractivity contribution >= 4 is 35.4 Å². The van der Waals surface area contributed by atoms with Crippen molar-refractivity contribution in [2.75, 3.05) is 7.11 Å². The van der Waals surface area contributed by atoms with Crippen molar-refractivity contribution in [1.82, 2.24) is 4.42 Å². The van der Waals surface area contributed by atoms with E-state index in [1.165, 1.54) is 12.1 Å². The molecule has 23 heavy (non-hydrogen) atoms. The summed E-state index contributed by atoms with van der Waals surface area (Å²) in [7, 11) is 1.14. The van der Waals surface area contributed by atoms with Gasteiger partial charge in [-0.1, -0.05) is 23.7 Å². The summed E-state index contributed by atoms with van der Waals surface area (Å²) in [6.07, 6.45) is -1.11. The van der Waals surface area contributed by atoms with Gasteiger partial charge in [0.05, 0.1) is 7.11 Å². The monoisotopic (exact) mass is 363 g/mol. The Morgan fingerprint density at radius 3 is 2.17 bits per heavy atom. The first-order valence-electron chi connectivity index (χ1n) is 6.74. The van der Waals surface area contributed by atoms with Crippen LogP contribution in [0.15, 0.2) is 24.3 Å². The molecule has 1 amide bonds. The predicted molar refractivity (Wildman–Crippen MR) is 86.3 cm³/mol. The summed E-state index contributed by atoms with van der Waals surface area (Å²) < 4.78 is 10.3. The van der Waals surface area contributed by atoms with Gasteiger partial charge in [0.15, 0.2) is 0 Å². The summed E-state index contributed by atoms with van der Waals surface area (Å²) in [5.41, 5.74) is -0.242. The average Bonchev–Trinajstić information content (AvgIpc) is 2.46. The summed E-state index contributed by atoms with van der Waals surface area (Å²) in [5, 5.41) is 9.30. The van der Waals surface area contributed by atoms with Crippen molar-refractivity contribution in [2.45, 2.75) is 37.8 Å². The molecule has 0 saturated heterocycles. The molecule has 0 aliphatic rings. The lowest BCUT2D eigenvalue weighted by Gasteiger charge is -2.32. The van der Waals surface area contributed by atoms with E-state index in [-0.39, 0.29) is 12.2 Å². The molecule has 0 spiro atoms. The van der Waals surface area contributed by atoms with Gasteiger partial charge in [0.1, 0.15) is 11.4 Å². The van der Waals surface area contributed by atoms with Crippen molar-refractivity contribution in [1.29, 1.82) is 0 Å². The number of ether oxygens (including phenoxy) is 2. The SMILES string of the molecule is COC(=O)[C@](Cl)(Cc1ccc(O)cc1)N(Cl)C(=O)OC(C)(C)C. The third-order valence-electron chi connectivity index (χ3n) is 2.74. The average molecular weight is 364 g/mol. The molecule has 0 aliphatic heterocycles. The molecule has 1 rings (SSSR count). The molecule has 6 nitrogen and oxygen atoms in total. The summed E-state index contributed by atoms with van der Waals surface area (Å²) >= 11 is 12.3. The van der Waals surface area contributed by atoms with Gasteiger partial charge in [0, 0.05) is 18.2 Å². The maximum atomic E-state index is 12.1. The Hall–Kier alpha value is -1.66. The van der Waals surface area contributed by atoms with Gasteiger partial charge >= 0.3 is 12.1 Å². The van der Waals surface area contributed by atoms with Crippen molar-refractivity contribution in [3.05, 3.63) is 29.8 Å². The molecular formula is C15H19Cl2NO5. The lowest BCUT2D eigenvalue weighted by molar-refractivity contribution is -0.147. The van der Waals surface area contributed by atoms with Crippen LogP contribution in [0.25, 0.3) is 0 Å². The molecule has 0 aromatic heterocycles. The molecule has 1 N–H and O–H groups in total. The van der Waals surface area contributed by atoms with Gasteiger partial charge < -0.3 is 14.6 Å². The van der Waals surface area contributed by atoms with Gasteiger partial charge in [-0.2, -0.15) is 4.42 Å². The number of esters is 1. The lowest BCUT2D eigenvalue weighted by Crippen LogP contribution is -2.51. The Morgan fingerprint density at radius 1 is 1.22 bits per heavy atom. The molecule has 1 aromatic carbocycles. The van der Waals surface area contributed by atoms with E-state index in [0.717, 1.165) is 7.11 Å². The molecule has 0 saturated carbocycles. The van der Waals surface area contributed by atoms with Crippen LogP contribution in [0.2, 0.25) is 0 Å². The second-order valence-electron chi connectivity index (χ2n) is 5.86. The first-order chi connectivity index (χ1) is 10.5. The predicted octanol–water partition coefficient (Wildman–Crippen LogP) is 3.43. The molecule has 0 bridgehead atoms. The Balaban J connectivity index is 3.08. The van der Waals surface area contributed by atoms with E-state index in [1.54, 1.807) is 32.9 Å². The van der Waals surface area contributed by atoms with Crippen LogP contribution in [0.4, 0.5) is 4.79 Å². The number of methoxy groups -OCH3 is 1. The van der Waals surface area contributed by atoms with Gasteiger partial charge in [-0.05, 0) is 38.5 Å². The van der Waals surface area contributed by atoms with E-state index in [0.29, 0.717) is 9.98 Å². The number of halogens is 2. The number of phenolic OH excluding ortho intramolecular Hbond substituents is 1. The fourth-order valence-electron chi connectivity index (χ4n) is 1.71. The number of carbonyl (C=O) groups excluding carboxylic acids is 2. The number of amides is 1. The first kappa shape index (κ1) is 19.4. The number of phenols is 1. The van der Waals surface area contributed by atoms with Gasteiger partial charge in [0.25, 0.3) is 0 Å². The van der Waals surface area contributed by atoms with E-state index >= 15 is 0 Å². The Bertz CT molecular complexity index is 570. The highest BCUT2D eigenvalue weighted by Crippen LogP contribution is 2.31. The maximum Gasteiger partial charge on any atom is 0.427 e. The van der Waals surface area contributed by atoms with Crippen LogP contribution < -0.4 is 0 Å². The van der Waals surface area contributed by atoms with E-state index < -0.39 is 22.7 Å². The van der Waals surface area contributed by atoms with Crippen LogP contribution >= 0.6 is 23.4 Å². The fraction of sp³-hybridized carbons (Fsp3) is 0.467. The minimum absolute atomic E-state index is 0.0573. The smallest absolute Gasteiger partial charge is 0.427 e.